The quantitative estimate of drug-likeness (QED) is 0.205. The first-order chi connectivity index (χ1) is 19.7. The molecule has 41 heavy (non-hydrogen) atoms. The number of Topliss-reactive ketones (excluding diaryl/α,β-unsaturated/α-hetero) is 1. The highest BCUT2D eigenvalue weighted by molar-refractivity contribution is 6.41. The van der Waals surface area contributed by atoms with Crippen LogP contribution >= 0.6 is 0 Å². The van der Waals surface area contributed by atoms with Crippen LogP contribution in [0.3, 0.4) is 0 Å². The summed E-state index contributed by atoms with van der Waals surface area (Å²) >= 11 is 0. The number of ketones is 1. The number of methoxy groups -OCH3 is 6. The van der Waals surface area contributed by atoms with E-state index in [4.69, 9.17) is 28.4 Å². The van der Waals surface area contributed by atoms with Gasteiger partial charge in [0.15, 0.2) is 17.3 Å². The van der Waals surface area contributed by atoms with E-state index in [0.717, 1.165) is 0 Å². The Morgan fingerprint density at radius 2 is 1.02 bits per heavy atom. The van der Waals surface area contributed by atoms with Gasteiger partial charge in [-0.1, -0.05) is 5.57 Å². The summed E-state index contributed by atoms with van der Waals surface area (Å²) in [5, 5.41) is 3.91. The molecule has 6 rings (SSSR count). The van der Waals surface area contributed by atoms with E-state index in [0.29, 0.717) is 71.8 Å². The number of hydrogen-bond acceptors (Lipinski definition) is 9. The maximum atomic E-state index is 14.3. The Kier molecular flexibility index (Phi) is 5.88. The van der Waals surface area contributed by atoms with Gasteiger partial charge in [0.05, 0.1) is 53.4 Å². The largest absolute Gasteiger partial charge is 0.496 e. The first kappa shape index (κ1) is 26.4. The number of rotatable bonds is 7. The molecular weight excluding hydrogens is 528 g/mol. The van der Waals surface area contributed by atoms with Gasteiger partial charge in [-0.2, -0.15) is 0 Å². The van der Waals surface area contributed by atoms with Gasteiger partial charge in [-0.05, 0) is 25.7 Å². The third-order valence-corrected chi connectivity index (χ3v) is 8.19. The zero-order valence-electron chi connectivity index (χ0n) is 24.0. The molecule has 1 aliphatic carbocycles. The van der Waals surface area contributed by atoms with Crippen molar-refractivity contribution in [1.82, 2.24) is 0 Å². The molecule has 0 radical (unpaired) electrons. The van der Waals surface area contributed by atoms with Crippen LogP contribution in [0.25, 0.3) is 48.7 Å². The third-order valence-electron chi connectivity index (χ3n) is 8.19. The molecule has 9 heteroatoms. The third kappa shape index (κ3) is 3.14. The van der Waals surface area contributed by atoms with Crippen LogP contribution in [-0.4, -0.2) is 48.4 Å². The van der Waals surface area contributed by atoms with Crippen LogP contribution in [0.4, 0.5) is 0 Å². The molecule has 0 atom stereocenters. The highest BCUT2D eigenvalue weighted by atomic mass is 16.5. The SMILES string of the molecule is COc1c2c3c4c(c(OC)c(=O)c5c(OC)cc(OC)c(c6c(OC)cc(OC)c(c1=O)c63)c54)C(C(C)=O)=C(C)C2. The predicted octanol–water partition coefficient (Wildman–Crippen LogP) is 4.87. The Balaban J connectivity index is 2.21. The lowest BCUT2D eigenvalue weighted by Gasteiger charge is -2.24. The lowest BCUT2D eigenvalue weighted by molar-refractivity contribution is -0.111. The Labute approximate surface area is 234 Å². The zero-order chi connectivity index (χ0) is 29.5. The molecule has 0 amide bonds. The van der Waals surface area contributed by atoms with Crippen LogP contribution in [0.5, 0.6) is 34.5 Å². The average molecular weight is 557 g/mol. The number of carbonyl (C=O) groups excluding carboxylic acids is 1. The molecule has 0 heterocycles. The Hall–Kier alpha value is -4.79. The van der Waals surface area contributed by atoms with Crippen molar-refractivity contribution in [3.63, 3.8) is 0 Å². The summed E-state index contributed by atoms with van der Waals surface area (Å²) in [7, 11) is 8.85. The normalized spacial score (nSPS) is 13.0. The van der Waals surface area contributed by atoms with Gasteiger partial charge in [-0.3, -0.25) is 14.4 Å². The van der Waals surface area contributed by atoms with Crippen LogP contribution in [0.1, 0.15) is 25.0 Å². The van der Waals surface area contributed by atoms with Crippen LogP contribution < -0.4 is 39.3 Å². The van der Waals surface area contributed by atoms with Gasteiger partial charge in [-0.15, -0.1) is 0 Å². The first-order valence-electron chi connectivity index (χ1n) is 12.9. The van der Waals surface area contributed by atoms with Crippen LogP contribution in [-0.2, 0) is 11.2 Å². The molecule has 0 saturated heterocycles. The molecular formula is C32H28O9. The van der Waals surface area contributed by atoms with Gasteiger partial charge in [0.25, 0.3) is 0 Å². The maximum Gasteiger partial charge on any atom is 0.232 e. The summed E-state index contributed by atoms with van der Waals surface area (Å²) in [6.07, 6.45) is 0.224. The number of allylic oxidation sites excluding steroid dienone is 2. The molecule has 0 unspecified atom stereocenters. The second-order valence-corrected chi connectivity index (χ2v) is 10.0. The van der Waals surface area contributed by atoms with Gasteiger partial charge < -0.3 is 28.4 Å². The minimum atomic E-state index is -0.434. The van der Waals surface area contributed by atoms with Gasteiger partial charge in [0.2, 0.25) is 10.9 Å². The number of carbonyl (C=O) groups is 1. The fourth-order valence-corrected chi connectivity index (χ4v) is 6.73. The first-order valence-corrected chi connectivity index (χ1v) is 12.9. The van der Waals surface area contributed by atoms with Gasteiger partial charge >= 0.3 is 0 Å². The number of fused-ring (bicyclic) bond motifs is 1. The Morgan fingerprint density at radius 3 is 1.46 bits per heavy atom. The second kappa shape index (κ2) is 9.12. The molecule has 0 N–H and O–H groups in total. The van der Waals surface area contributed by atoms with Crippen molar-refractivity contribution >= 4 is 54.4 Å². The van der Waals surface area contributed by atoms with Crippen molar-refractivity contribution in [2.45, 2.75) is 20.3 Å². The van der Waals surface area contributed by atoms with Crippen molar-refractivity contribution in [2.24, 2.45) is 0 Å². The van der Waals surface area contributed by atoms with Crippen molar-refractivity contribution < 1.29 is 33.2 Å². The molecule has 1 aliphatic rings. The van der Waals surface area contributed by atoms with E-state index in [1.165, 1.54) is 49.6 Å². The van der Waals surface area contributed by atoms with Crippen LogP contribution in [0, 0.1) is 0 Å². The van der Waals surface area contributed by atoms with E-state index in [-0.39, 0.29) is 45.7 Å². The molecule has 0 aliphatic heterocycles. The summed E-state index contributed by atoms with van der Waals surface area (Å²) in [6.45, 7) is 3.27. The molecule has 0 bridgehead atoms. The van der Waals surface area contributed by atoms with Crippen molar-refractivity contribution in [3.05, 3.63) is 49.3 Å². The second-order valence-electron chi connectivity index (χ2n) is 10.0. The van der Waals surface area contributed by atoms with Crippen LogP contribution in [0.2, 0.25) is 0 Å². The topological polar surface area (TPSA) is 107 Å². The fourth-order valence-electron chi connectivity index (χ4n) is 6.73. The fraction of sp³-hybridized carbons (Fsp3) is 0.281. The predicted molar refractivity (Wildman–Crippen MR) is 158 cm³/mol. The summed E-state index contributed by atoms with van der Waals surface area (Å²) < 4.78 is 34.8. The summed E-state index contributed by atoms with van der Waals surface area (Å²) in [6, 6.07) is 3.28. The molecule has 0 saturated carbocycles. The van der Waals surface area contributed by atoms with Gasteiger partial charge in [-0.25, -0.2) is 0 Å². The Morgan fingerprint density at radius 1 is 0.585 bits per heavy atom. The van der Waals surface area contributed by atoms with Gasteiger partial charge in [0, 0.05) is 55.8 Å². The molecule has 0 aromatic heterocycles. The number of hydrogen-bond donors (Lipinski definition) is 0. The highest BCUT2D eigenvalue weighted by Gasteiger charge is 2.36. The molecule has 5 aromatic carbocycles. The van der Waals surface area contributed by atoms with E-state index < -0.39 is 5.43 Å². The highest BCUT2D eigenvalue weighted by Crippen LogP contribution is 2.55. The van der Waals surface area contributed by atoms with Crippen molar-refractivity contribution in [2.75, 3.05) is 42.7 Å². The monoisotopic (exact) mass is 556 g/mol. The minimum Gasteiger partial charge on any atom is -0.496 e. The van der Waals surface area contributed by atoms with Crippen molar-refractivity contribution in [3.8, 4) is 34.5 Å². The van der Waals surface area contributed by atoms with E-state index in [1.54, 1.807) is 12.1 Å². The number of ether oxygens (including phenoxy) is 6. The van der Waals surface area contributed by atoms with E-state index in [1.807, 2.05) is 6.92 Å². The molecule has 210 valence electrons. The molecule has 0 spiro atoms. The van der Waals surface area contributed by atoms with E-state index in [2.05, 4.69) is 0 Å². The standard InChI is InChI=1S/C32H28O9/c1-12-9-14-20-25-21(15(36-3)10-17(38-5)23(25)29(34)31(14)40-7)22-16(37-4)11-18(39-6)24-27(22)26(20)28(19(12)13(2)33)32(41-8)30(24)35/h10-11H,9H2,1-8H3. The lowest BCUT2D eigenvalue weighted by atomic mass is 9.83. The summed E-state index contributed by atoms with van der Waals surface area (Å²) in [4.78, 5) is 41.7. The maximum absolute atomic E-state index is 14.3. The van der Waals surface area contributed by atoms with Crippen molar-refractivity contribution in [1.29, 1.82) is 0 Å². The minimum absolute atomic E-state index is 0.0101. The summed E-state index contributed by atoms with van der Waals surface area (Å²) in [5.74, 6) is 1.30. The average Bonchev–Trinajstić information content (AvgIpc) is 3.10. The smallest absolute Gasteiger partial charge is 0.232 e. The van der Waals surface area contributed by atoms with E-state index in [9.17, 15) is 14.4 Å². The molecule has 9 nitrogen and oxygen atoms in total. The van der Waals surface area contributed by atoms with Crippen LogP contribution in [0.15, 0.2) is 27.3 Å². The molecule has 5 aromatic rings. The Bertz CT molecular complexity index is 2110. The molecule has 0 fully saturated rings. The summed E-state index contributed by atoms with van der Waals surface area (Å²) in [5.41, 5.74) is 1.17. The van der Waals surface area contributed by atoms with Gasteiger partial charge in [0.1, 0.15) is 23.0 Å². The number of benzene rings is 5. The lowest BCUT2D eigenvalue weighted by Crippen LogP contribution is -2.15. The van der Waals surface area contributed by atoms with E-state index >= 15 is 0 Å². The zero-order valence-corrected chi connectivity index (χ0v) is 24.0.